The van der Waals surface area contributed by atoms with Crippen LogP contribution in [0.2, 0.25) is 0 Å². The first-order valence-electron chi connectivity index (χ1n) is 6.06. The lowest BCUT2D eigenvalue weighted by molar-refractivity contribution is -0.137. The zero-order valence-electron chi connectivity index (χ0n) is 11.1. The van der Waals surface area contributed by atoms with E-state index in [9.17, 15) is 13.2 Å². The Hall–Kier alpha value is -2.68. The molecule has 2 rings (SSSR count). The number of nitrogens with one attached hydrogen (secondary N) is 1. The van der Waals surface area contributed by atoms with E-state index in [4.69, 9.17) is 11.0 Å². The summed E-state index contributed by atoms with van der Waals surface area (Å²) in [7, 11) is 0. The van der Waals surface area contributed by atoms with E-state index in [0.717, 1.165) is 17.7 Å². The summed E-state index contributed by atoms with van der Waals surface area (Å²) in [6.45, 7) is 1.85. The van der Waals surface area contributed by atoms with Crippen LogP contribution in [0.5, 0.6) is 0 Å². The normalized spacial score (nSPS) is 11.0. The molecule has 0 aliphatic rings. The van der Waals surface area contributed by atoms with Gasteiger partial charge < -0.3 is 11.1 Å². The van der Waals surface area contributed by atoms with E-state index < -0.39 is 17.3 Å². The van der Waals surface area contributed by atoms with Gasteiger partial charge in [-0.2, -0.15) is 18.4 Å². The summed E-state index contributed by atoms with van der Waals surface area (Å²) in [5.41, 5.74) is 6.50. The molecular formula is C15H12F3N3. The van der Waals surface area contributed by atoms with E-state index in [1.807, 2.05) is 6.92 Å². The second-order valence-electron chi connectivity index (χ2n) is 4.59. The predicted octanol–water partition coefficient (Wildman–Crippen LogP) is 4.21. The van der Waals surface area contributed by atoms with E-state index in [1.165, 1.54) is 6.07 Å². The molecule has 3 nitrogen and oxygen atoms in total. The molecule has 0 aliphatic carbocycles. The predicted molar refractivity (Wildman–Crippen MR) is 75.0 cm³/mol. The van der Waals surface area contributed by atoms with E-state index >= 15 is 0 Å². The number of rotatable bonds is 2. The number of nitrogens with two attached hydrogens (primary N) is 1. The number of alkyl halides is 3. The number of benzene rings is 2. The molecule has 0 saturated heterocycles. The number of nitrogens with zero attached hydrogens (tertiary/aromatic N) is 1. The summed E-state index contributed by atoms with van der Waals surface area (Å²) in [4.78, 5) is 0. The molecule has 0 aliphatic heterocycles. The molecule has 0 bridgehead atoms. The van der Waals surface area contributed by atoms with E-state index in [2.05, 4.69) is 5.32 Å². The minimum absolute atomic E-state index is 0.221. The van der Waals surface area contributed by atoms with Gasteiger partial charge in [-0.05, 0) is 42.8 Å². The molecule has 6 heteroatoms. The molecule has 3 N–H and O–H groups in total. The Bertz CT molecular complexity index is 715. The minimum atomic E-state index is -4.58. The molecule has 0 saturated carbocycles. The third kappa shape index (κ3) is 3.26. The zero-order valence-corrected chi connectivity index (χ0v) is 11.1. The first kappa shape index (κ1) is 14.7. The van der Waals surface area contributed by atoms with Crippen LogP contribution in [-0.2, 0) is 6.18 Å². The second kappa shape index (κ2) is 5.37. The monoisotopic (exact) mass is 291 g/mol. The van der Waals surface area contributed by atoms with Crippen molar-refractivity contribution in [1.29, 1.82) is 5.26 Å². The van der Waals surface area contributed by atoms with Crippen molar-refractivity contribution in [3.05, 3.63) is 53.1 Å². The summed E-state index contributed by atoms with van der Waals surface area (Å²) in [6.07, 6.45) is -4.58. The number of nitrogen functional groups attached to an aromatic ring is 1. The van der Waals surface area contributed by atoms with Crippen LogP contribution in [0.25, 0.3) is 0 Å². The summed E-state index contributed by atoms with van der Waals surface area (Å²) < 4.78 is 38.7. The summed E-state index contributed by atoms with van der Waals surface area (Å²) in [5, 5.41) is 11.6. The largest absolute Gasteiger partial charge is 0.417 e. The van der Waals surface area contributed by atoms with Gasteiger partial charge in [0, 0.05) is 5.69 Å². The second-order valence-corrected chi connectivity index (χ2v) is 4.59. The highest BCUT2D eigenvalue weighted by Crippen LogP contribution is 2.34. The van der Waals surface area contributed by atoms with E-state index in [1.54, 1.807) is 24.3 Å². The lowest BCUT2D eigenvalue weighted by Gasteiger charge is -2.14. The molecule has 108 valence electrons. The topological polar surface area (TPSA) is 61.8 Å². The Morgan fingerprint density at radius 3 is 2.48 bits per heavy atom. The van der Waals surface area contributed by atoms with Crippen molar-refractivity contribution in [3.8, 4) is 6.07 Å². The first-order chi connectivity index (χ1) is 9.81. The zero-order chi connectivity index (χ0) is 15.6. The molecule has 0 radical (unpaired) electrons. The van der Waals surface area contributed by atoms with Crippen LogP contribution in [0.15, 0.2) is 36.4 Å². The number of nitriles is 1. The van der Waals surface area contributed by atoms with Gasteiger partial charge in [0.15, 0.2) is 0 Å². The van der Waals surface area contributed by atoms with Gasteiger partial charge in [0.05, 0.1) is 28.6 Å². The summed E-state index contributed by atoms with van der Waals surface area (Å²) in [5.74, 6) is 0. The fraction of sp³-hybridized carbons (Fsp3) is 0.133. The highest BCUT2D eigenvalue weighted by atomic mass is 19.4. The molecule has 0 heterocycles. The Balaban J connectivity index is 2.42. The molecule has 0 spiro atoms. The minimum Gasteiger partial charge on any atom is -0.397 e. The lowest BCUT2D eigenvalue weighted by atomic mass is 10.1. The molecule has 0 atom stereocenters. The molecular weight excluding hydrogens is 279 g/mol. The Morgan fingerprint density at radius 2 is 1.86 bits per heavy atom. The van der Waals surface area contributed by atoms with Gasteiger partial charge >= 0.3 is 6.18 Å². The number of hydrogen-bond donors (Lipinski definition) is 2. The van der Waals surface area contributed by atoms with Gasteiger partial charge in [-0.1, -0.05) is 6.07 Å². The van der Waals surface area contributed by atoms with Crippen molar-refractivity contribution < 1.29 is 13.2 Å². The third-order valence-corrected chi connectivity index (χ3v) is 2.93. The molecule has 0 amide bonds. The van der Waals surface area contributed by atoms with Crippen molar-refractivity contribution in [2.24, 2.45) is 0 Å². The highest BCUT2D eigenvalue weighted by Gasteiger charge is 2.33. The van der Waals surface area contributed by atoms with Gasteiger partial charge in [0.1, 0.15) is 0 Å². The van der Waals surface area contributed by atoms with E-state index in [0.29, 0.717) is 11.4 Å². The van der Waals surface area contributed by atoms with Gasteiger partial charge in [0.2, 0.25) is 0 Å². The van der Waals surface area contributed by atoms with Crippen molar-refractivity contribution >= 4 is 17.1 Å². The molecule has 2 aromatic rings. The van der Waals surface area contributed by atoms with Gasteiger partial charge in [-0.25, -0.2) is 0 Å². The summed E-state index contributed by atoms with van der Waals surface area (Å²) >= 11 is 0. The van der Waals surface area contributed by atoms with Crippen LogP contribution >= 0.6 is 0 Å². The fourth-order valence-electron chi connectivity index (χ4n) is 1.89. The Kier molecular flexibility index (Phi) is 3.76. The Morgan fingerprint density at radius 1 is 1.14 bits per heavy atom. The molecule has 0 unspecified atom stereocenters. The van der Waals surface area contributed by atoms with Crippen molar-refractivity contribution in [2.75, 3.05) is 11.1 Å². The smallest absolute Gasteiger partial charge is 0.397 e. The van der Waals surface area contributed by atoms with Crippen LogP contribution < -0.4 is 11.1 Å². The van der Waals surface area contributed by atoms with Crippen LogP contribution in [0.4, 0.5) is 30.2 Å². The van der Waals surface area contributed by atoms with Crippen molar-refractivity contribution in [3.63, 3.8) is 0 Å². The average Bonchev–Trinajstić information content (AvgIpc) is 2.42. The van der Waals surface area contributed by atoms with Gasteiger partial charge in [-0.15, -0.1) is 0 Å². The lowest BCUT2D eigenvalue weighted by Crippen LogP contribution is -2.08. The third-order valence-electron chi connectivity index (χ3n) is 2.93. The molecule has 21 heavy (non-hydrogen) atoms. The van der Waals surface area contributed by atoms with Crippen molar-refractivity contribution in [2.45, 2.75) is 13.1 Å². The number of halogens is 3. The maximum atomic E-state index is 12.9. The SMILES string of the molecule is Cc1ccc(N)c(Nc2ccc(C#N)c(C(F)(F)F)c2)c1. The molecule has 0 fully saturated rings. The van der Waals surface area contributed by atoms with Gasteiger partial charge in [-0.3, -0.25) is 0 Å². The van der Waals surface area contributed by atoms with Gasteiger partial charge in [0.25, 0.3) is 0 Å². The maximum Gasteiger partial charge on any atom is 0.417 e. The number of anilines is 3. The van der Waals surface area contributed by atoms with Crippen molar-refractivity contribution in [1.82, 2.24) is 0 Å². The maximum absolute atomic E-state index is 12.9. The molecule has 2 aromatic carbocycles. The highest BCUT2D eigenvalue weighted by molar-refractivity contribution is 5.73. The van der Waals surface area contributed by atoms with Crippen LogP contribution in [0, 0.1) is 18.3 Å². The Labute approximate surface area is 119 Å². The fourth-order valence-corrected chi connectivity index (χ4v) is 1.89. The standard InChI is InChI=1S/C15H12F3N3/c1-9-2-5-13(20)14(6-9)21-11-4-3-10(8-19)12(7-11)15(16,17)18/h2-7,21H,20H2,1H3. The van der Waals surface area contributed by atoms with Crippen LogP contribution in [0.1, 0.15) is 16.7 Å². The van der Waals surface area contributed by atoms with Crippen LogP contribution in [0.3, 0.4) is 0 Å². The molecule has 0 aromatic heterocycles. The van der Waals surface area contributed by atoms with Crippen LogP contribution in [-0.4, -0.2) is 0 Å². The quantitative estimate of drug-likeness (QED) is 0.815. The van der Waals surface area contributed by atoms with E-state index in [-0.39, 0.29) is 5.69 Å². The first-order valence-corrected chi connectivity index (χ1v) is 6.06. The average molecular weight is 291 g/mol. The number of aryl methyl sites for hydroxylation is 1. The summed E-state index contributed by atoms with van der Waals surface area (Å²) in [6, 6.07) is 10.2. The number of hydrogen-bond acceptors (Lipinski definition) is 3.